The average Bonchev–Trinajstić information content (AvgIpc) is 2.91. The third-order valence-corrected chi connectivity index (χ3v) is 3.90. The summed E-state index contributed by atoms with van der Waals surface area (Å²) in [5.41, 5.74) is 0.871. The predicted molar refractivity (Wildman–Crippen MR) is 60.5 cm³/mol. The van der Waals surface area contributed by atoms with Crippen molar-refractivity contribution < 1.29 is 9.90 Å². The zero-order valence-corrected chi connectivity index (χ0v) is 9.54. The van der Waals surface area contributed by atoms with Crippen molar-refractivity contribution in [3.05, 3.63) is 23.8 Å². The minimum absolute atomic E-state index is 0.232. The van der Waals surface area contributed by atoms with E-state index in [1.54, 1.807) is 0 Å². The van der Waals surface area contributed by atoms with Gasteiger partial charge < -0.3 is 5.11 Å². The normalized spacial score (nSPS) is 27.5. The highest BCUT2D eigenvalue weighted by atomic mass is 16.4. The van der Waals surface area contributed by atoms with Gasteiger partial charge in [-0.15, -0.1) is 0 Å². The number of aromatic nitrogens is 2. The Balaban J connectivity index is 1.79. The average molecular weight is 233 g/mol. The molecule has 1 aliphatic heterocycles. The summed E-state index contributed by atoms with van der Waals surface area (Å²) in [7, 11) is 0. The van der Waals surface area contributed by atoms with E-state index in [4.69, 9.17) is 5.11 Å². The maximum atomic E-state index is 11.1. The van der Waals surface area contributed by atoms with Gasteiger partial charge in [0, 0.05) is 25.3 Å². The van der Waals surface area contributed by atoms with Crippen LogP contribution in [0.3, 0.4) is 0 Å². The Bertz CT molecular complexity index is 449. The van der Waals surface area contributed by atoms with E-state index in [9.17, 15) is 4.79 Å². The number of carbonyl (C=O) groups is 1. The number of nitrogens with zero attached hydrogens (tertiary/aromatic N) is 3. The molecule has 0 aromatic carbocycles. The summed E-state index contributed by atoms with van der Waals surface area (Å²) in [5.74, 6) is -0.125. The highest BCUT2D eigenvalue weighted by Crippen LogP contribution is 2.38. The molecular formula is C12H15N3O2. The Labute approximate surface area is 99.5 Å². The van der Waals surface area contributed by atoms with Crippen LogP contribution in [0.4, 0.5) is 0 Å². The summed E-state index contributed by atoms with van der Waals surface area (Å²) < 4.78 is 0. The highest BCUT2D eigenvalue weighted by Gasteiger charge is 2.38. The number of hydrogen-bond acceptors (Lipinski definition) is 4. The van der Waals surface area contributed by atoms with Gasteiger partial charge in [-0.1, -0.05) is 0 Å². The van der Waals surface area contributed by atoms with Crippen LogP contribution in [0, 0.1) is 5.92 Å². The van der Waals surface area contributed by atoms with Gasteiger partial charge in [0.05, 0.1) is 5.69 Å². The second-order valence-corrected chi connectivity index (χ2v) is 4.95. The molecule has 1 aliphatic carbocycles. The Morgan fingerprint density at radius 2 is 2.41 bits per heavy atom. The fraction of sp³-hybridized carbons (Fsp3) is 0.583. The van der Waals surface area contributed by atoms with Crippen molar-refractivity contribution in [3.63, 3.8) is 0 Å². The first-order valence-electron chi connectivity index (χ1n) is 6.00. The van der Waals surface area contributed by atoms with Crippen LogP contribution in [0.2, 0.25) is 0 Å². The van der Waals surface area contributed by atoms with Crippen molar-refractivity contribution in [2.45, 2.75) is 31.8 Å². The molecule has 2 unspecified atom stereocenters. The second-order valence-electron chi connectivity index (χ2n) is 4.95. The summed E-state index contributed by atoms with van der Waals surface area (Å²) in [6, 6.07) is 0.636. The maximum absolute atomic E-state index is 11.1. The Hall–Kier alpha value is -1.49. The van der Waals surface area contributed by atoms with Crippen LogP contribution in [0.1, 0.15) is 35.3 Å². The molecule has 2 bridgehead atoms. The molecule has 5 heteroatoms. The van der Waals surface area contributed by atoms with Gasteiger partial charge in [-0.25, -0.2) is 14.8 Å². The summed E-state index contributed by atoms with van der Waals surface area (Å²) >= 11 is 0. The lowest BCUT2D eigenvalue weighted by atomic mass is 10.1. The molecule has 3 rings (SSSR count). The molecule has 5 nitrogen and oxygen atoms in total. The summed E-state index contributed by atoms with van der Waals surface area (Å²) in [6.45, 7) is 1.74. The lowest BCUT2D eigenvalue weighted by Gasteiger charge is -2.26. The van der Waals surface area contributed by atoms with Crippen LogP contribution in [-0.2, 0) is 6.54 Å². The molecule has 2 heterocycles. The zero-order valence-electron chi connectivity index (χ0n) is 9.54. The quantitative estimate of drug-likeness (QED) is 0.848. The molecule has 0 amide bonds. The fourth-order valence-corrected chi connectivity index (χ4v) is 3.07. The molecule has 17 heavy (non-hydrogen) atoms. The van der Waals surface area contributed by atoms with E-state index >= 15 is 0 Å². The van der Waals surface area contributed by atoms with E-state index < -0.39 is 5.97 Å². The fourth-order valence-electron chi connectivity index (χ4n) is 3.07. The van der Waals surface area contributed by atoms with E-state index in [-0.39, 0.29) is 5.56 Å². The third kappa shape index (κ3) is 1.91. The summed E-state index contributed by atoms with van der Waals surface area (Å²) in [6.07, 6.45) is 6.66. The van der Waals surface area contributed by atoms with Gasteiger partial charge in [0.15, 0.2) is 0 Å². The van der Waals surface area contributed by atoms with Crippen molar-refractivity contribution in [1.82, 2.24) is 14.9 Å². The molecule has 90 valence electrons. The van der Waals surface area contributed by atoms with Crippen LogP contribution in [0.5, 0.6) is 0 Å². The number of hydrogen-bond donors (Lipinski definition) is 1. The summed E-state index contributed by atoms with van der Waals surface area (Å²) in [4.78, 5) is 21.3. The minimum Gasteiger partial charge on any atom is -0.478 e. The molecule has 2 atom stereocenters. The van der Waals surface area contributed by atoms with Crippen molar-refractivity contribution in [2.24, 2.45) is 5.92 Å². The lowest BCUT2D eigenvalue weighted by Crippen LogP contribution is -2.32. The second kappa shape index (κ2) is 4.07. The standard InChI is InChI=1S/C12H15N3O2/c16-12(17)10-4-13-7-14-11(10)6-15-5-8-1-2-9(15)3-8/h4,7-9H,1-3,5-6H2,(H,16,17). The van der Waals surface area contributed by atoms with Crippen LogP contribution >= 0.6 is 0 Å². The first-order chi connectivity index (χ1) is 8.24. The van der Waals surface area contributed by atoms with Crippen molar-refractivity contribution >= 4 is 5.97 Å². The van der Waals surface area contributed by atoms with E-state index in [1.165, 1.54) is 31.8 Å². The molecule has 0 spiro atoms. The minimum atomic E-state index is -0.940. The SMILES string of the molecule is O=C(O)c1cncnc1CN1CC2CCC1C2. The van der Waals surface area contributed by atoms with Gasteiger partial charge in [0.2, 0.25) is 0 Å². The number of carboxylic acids is 1. The topological polar surface area (TPSA) is 66.3 Å². The van der Waals surface area contributed by atoms with Crippen LogP contribution in [0.25, 0.3) is 0 Å². The Morgan fingerprint density at radius 3 is 3.06 bits per heavy atom. The van der Waals surface area contributed by atoms with Gasteiger partial charge in [0.25, 0.3) is 0 Å². The van der Waals surface area contributed by atoms with Crippen LogP contribution < -0.4 is 0 Å². The molecule has 1 aromatic rings. The number of rotatable bonds is 3. The van der Waals surface area contributed by atoms with Crippen molar-refractivity contribution in [3.8, 4) is 0 Å². The zero-order chi connectivity index (χ0) is 11.8. The molecule has 1 aromatic heterocycles. The molecule has 1 saturated heterocycles. The van der Waals surface area contributed by atoms with E-state index in [1.807, 2.05) is 0 Å². The summed E-state index contributed by atoms with van der Waals surface area (Å²) in [5, 5.41) is 9.07. The molecule has 1 N–H and O–H groups in total. The Kier molecular flexibility index (Phi) is 2.55. The maximum Gasteiger partial charge on any atom is 0.339 e. The first-order valence-corrected chi connectivity index (χ1v) is 6.00. The van der Waals surface area contributed by atoms with Crippen LogP contribution in [-0.4, -0.2) is 38.5 Å². The number of aromatic carboxylic acids is 1. The highest BCUT2D eigenvalue weighted by molar-refractivity contribution is 5.88. The van der Waals surface area contributed by atoms with Crippen molar-refractivity contribution in [2.75, 3.05) is 6.54 Å². The van der Waals surface area contributed by atoms with E-state index in [2.05, 4.69) is 14.9 Å². The number of likely N-dealkylation sites (tertiary alicyclic amines) is 1. The van der Waals surface area contributed by atoms with Gasteiger partial charge in [-0.2, -0.15) is 0 Å². The Morgan fingerprint density at radius 1 is 1.53 bits per heavy atom. The smallest absolute Gasteiger partial charge is 0.339 e. The van der Waals surface area contributed by atoms with Crippen molar-refractivity contribution in [1.29, 1.82) is 0 Å². The molecule has 0 radical (unpaired) electrons. The van der Waals surface area contributed by atoms with Gasteiger partial charge in [-0.3, -0.25) is 4.90 Å². The van der Waals surface area contributed by atoms with Gasteiger partial charge >= 0.3 is 5.97 Å². The molecule has 2 fully saturated rings. The number of carboxylic acid groups (broad SMARTS) is 1. The largest absolute Gasteiger partial charge is 0.478 e. The molecule has 1 saturated carbocycles. The van der Waals surface area contributed by atoms with Gasteiger partial charge in [0.1, 0.15) is 11.9 Å². The van der Waals surface area contributed by atoms with E-state index in [0.717, 1.165) is 12.5 Å². The number of piperidine rings is 1. The molecule has 2 aliphatic rings. The van der Waals surface area contributed by atoms with E-state index in [0.29, 0.717) is 18.3 Å². The van der Waals surface area contributed by atoms with Crippen LogP contribution in [0.15, 0.2) is 12.5 Å². The monoisotopic (exact) mass is 233 g/mol. The lowest BCUT2D eigenvalue weighted by molar-refractivity contribution is 0.0692. The predicted octanol–water partition coefficient (Wildman–Crippen LogP) is 1.16. The third-order valence-electron chi connectivity index (χ3n) is 3.90. The first kappa shape index (κ1) is 10.7. The molecular weight excluding hydrogens is 218 g/mol. The van der Waals surface area contributed by atoms with Gasteiger partial charge in [-0.05, 0) is 25.2 Å². The number of fused-ring (bicyclic) bond motifs is 2.